The Morgan fingerprint density at radius 1 is 1.31 bits per heavy atom. The Balaban J connectivity index is 3.03. The highest BCUT2D eigenvalue weighted by Gasteiger charge is 2.43. The van der Waals surface area contributed by atoms with Crippen LogP contribution in [0.1, 0.15) is 11.7 Å². The molecule has 0 spiro atoms. The molecule has 0 bridgehead atoms. The molecule has 0 radical (unpaired) electrons. The first kappa shape index (κ1) is 13.2. The fraction of sp³-hybridized carbons (Fsp3) is 0.333. The molecule has 0 aliphatic rings. The standard InChI is InChI=1S/C9H10F3O3P/c1-16(13,14)15-8(9(10,11)12)7-5-3-2-4-6-7/h2-6,8H,1H3,(H,13,14)/p-1/t8-/m1/s1. The first-order chi connectivity index (χ1) is 7.20. The molecule has 1 aromatic rings. The quantitative estimate of drug-likeness (QED) is 0.777. The molecule has 3 nitrogen and oxygen atoms in total. The van der Waals surface area contributed by atoms with Crippen LogP contribution in [-0.4, -0.2) is 12.8 Å². The number of benzene rings is 1. The molecule has 0 saturated carbocycles. The van der Waals surface area contributed by atoms with Crippen molar-refractivity contribution in [2.75, 3.05) is 6.66 Å². The molecule has 0 aliphatic carbocycles. The van der Waals surface area contributed by atoms with Gasteiger partial charge < -0.3 is 14.0 Å². The maximum Gasteiger partial charge on any atom is 0.419 e. The van der Waals surface area contributed by atoms with Gasteiger partial charge >= 0.3 is 6.18 Å². The maximum absolute atomic E-state index is 12.6. The monoisotopic (exact) mass is 253 g/mol. The van der Waals surface area contributed by atoms with Gasteiger partial charge in [0.2, 0.25) is 0 Å². The average molecular weight is 253 g/mol. The van der Waals surface area contributed by atoms with Crippen molar-refractivity contribution in [1.29, 1.82) is 0 Å². The second-order valence-corrected chi connectivity index (χ2v) is 4.96. The molecule has 90 valence electrons. The van der Waals surface area contributed by atoms with E-state index in [4.69, 9.17) is 0 Å². The normalized spacial score (nSPS) is 17.8. The molecule has 7 heteroatoms. The number of hydrogen-bond donors (Lipinski definition) is 0. The average Bonchev–Trinajstić information content (AvgIpc) is 2.13. The van der Waals surface area contributed by atoms with Crippen molar-refractivity contribution in [3.63, 3.8) is 0 Å². The first-order valence-corrected chi connectivity index (χ1v) is 6.28. The van der Waals surface area contributed by atoms with Crippen molar-refractivity contribution < 1.29 is 27.2 Å². The van der Waals surface area contributed by atoms with Gasteiger partial charge in [0.25, 0.3) is 0 Å². The van der Waals surface area contributed by atoms with Crippen LogP contribution in [0.15, 0.2) is 30.3 Å². The third-order valence-corrected chi connectivity index (χ3v) is 2.29. The lowest BCUT2D eigenvalue weighted by atomic mass is 10.1. The third kappa shape index (κ3) is 3.96. The van der Waals surface area contributed by atoms with Crippen LogP contribution in [0.4, 0.5) is 13.2 Å². The van der Waals surface area contributed by atoms with Gasteiger partial charge in [0.15, 0.2) is 6.10 Å². The Kier molecular flexibility index (Phi) is 3.78. The van der Waals surface area contributed by atoms with Crippen LogP contribution < -0.4 is 4.89 Å². The first-order valence-electron chi connectivity index (χ1n) is 4.29. The molecule has 1 rings (SSSR count). The fourth-order valence-corrected chi connectivity index (χ4v) is 1.75. The second kappa shape index (κ2) is 4.57. The highest BCUT2D eigenvalue weighted by Crippen LogP contribution is 2.46. The van der Waals surface area contributed by atoms with E-state index >= 15 is 0 Å². The molecule has 2 atom stereocenters. The molecular formula is C9H9F3O3P-. The third-order valence-electron chi connectivity index (χ3n) is 1.70. The molecule has 0 saturated heterocycles. The molecule has 1 unspecified atom stereocenters. The fourth-order valence-electron chi connectivity index (χ4n) is 1.13. The van der Waals surface area contributed by atoms with Crippen LogP contribution in [0, 0.1) is 0 Å². The lowest BCUT2D eigenvalue weighted by Crippen LogP contribution is -2.24. The molecule has 0 aromatic heterocycles. The molecule has 0 N–H and O–H groups in total. The van der Waals surface area contributed by atoms with Crippen molar-refractivity contribution in [1.82, 2.24) is 0 Å². The van der Waals surface area contributed by atoms with Crippen molar-refractivity contribution in [3.8, 4) is 0 Å². The van der Waals surface area contributed by atoms with Crippen LogP contribution in [-0.2, 0) is 9.09 Å². The molecule has 0 fully saturated rings. The van der Waals surface area contributed by atoms with Crippen LogP contribution >= 0.6 is 7.60 Å². The summed E-state index contributed by atoms with van der Waals surface area (Å²) in [4.78, 5) is 10.8. The highest BCUT2D eigenvalue weighted by atomic mass is 31.2. The summed E-state index contributed by atoms with van der Waals surface area (Å²) in [6.07, 6.45) is -7.21. The van der Waals surface area contributed by atoms with Crippen LogP contribution in [0.2, 0.25) is 0 Å². The van der Waals surface area contributed by atoms with Gasteiger partial charge in [-0.15, -0.1) is 0 Å². The summed E-state index contributed by atoms with van der Waals surface area (Å²) in [6.45, 7) is 0.606. The van der Waals surface area contributed by atoms with E-state index in [1.165, 1.54) is 18.2 Å². The van der Waals surface area contributed by atoms with Gasteiger partial charge in [-0.2, -0.15) is 13.2 Å². The Morgan fingerprint density at radius 2 is 1.81 bits per heavy atom. The van der Waals surface area contributed by atoms with E-state index in [9.17, 15) is 22.6 Å². The molecule has 0 amide bonds. The van der Waals surface area contributed by atoms with Gasteiger partial charge in [-0.05, 0) is 5.56 Å². The summed E-state index contributed by atoms with van der Waals surface area (Å²) in [5.74, 6) is 0. The molecular weight excluding hydrogens is 244 g/mol. The van der Waals surface area contributed by atoms with Crippen LogP contribution in [0.25, 0.3) is 0 Å². The molecule has 0 heterocycles. The predicted octanol–water partition coefficient (Wildman–Crippen LogP) is 2.49. The number of rotatable bonds is 3. The second-order valence-electron chi connectivity index (χ2n) is 3.21. The van der Waals surface area contributed by atoms with E-state index in [0.717, 1.165) is 12.1 Å². The van der Waals surface area contributed by atoms with E-state index in [1.54, 1.807) is 0 Å². The largest absolute Gasteiger partial charge is 0.779 e. The zero-order chi connectivity index (χ0) is 12.4. The minimum absolute atomic E-state index is 0.243. The lowest BCUT2D eigenvalue weighted by molar-refractivity contribution is -0.239. The summed E-state index contributed by atoms with van der Waals surface area (Å²) in [7, 11) is -4.45. The summed E-state index contributed by atoms with van der Waals surface area (Å²) >= 11 is 0. The maximum atomic E-state index is 12.6. The number of halogens is 3. The van der Waals surface area contributed by atoms with Gasteiger partial charge in [0.05, 0.1) is 0 Å². The van der Waals surface area contributed by atoms with Gasteiger partial charge in [0, 0.05) is 6.66 Å². The van der Waals surface area contributed by atoms with Gasteiger partial charge in [0.1, 0.15) is 7.60 Å². The predicted molar refractivity (Wildman–Crippen MR) is 49.9 cm³/mol. The van der Waals surface area contributed by atoms with Crippen LogP contribution in [0.5, 0.6) is 0 Å². The molecule has 0 aliphatic heterocycles. The minimum atomic E-state index is -4.77. The van der Waals surface area contributed by atoms with E-state index in [2.05, 4.69) is 4.52 Å². The van der Waals surface area contributed by atoms with Crippen molar-refractivity contribution in [3.05, 3.63) is 35.9 Å². The van der Waals surface area contributed by atoms with Gasteiger partial charge in [-0.1, -0.05) is 30.3 Å². The summed E-state index contributed by atoms with van der Waals surface area (Å²) < 4.78 is 52.5. The zero-order valence-electron chi connectivity index (χ0n) is 8.27. The lowest BCUT2D eigenvalue weighted by Gasteiger charge is -2.27. The summed E-state index contributed by atoms with van der Waals surface area (Å²) in [6, 6.07) is 6.60. The summed E-state index contributed by atoms with van der Waals surface area (Å²) in [5.41, 5.74) is -0.243. The Labute approximate surface area is 90.4 Å². The Bertz CT molecular complexity index is 385. The number of hydrogen-bond acceptors (Lipinski definition) is 3. The smallest absolute Gasteiger partial charge is 0.419 e. The Morgan fingerprint density at radius 3 is 2.19 bits per heavy atom. The van der Waals surface area contributed by atoms with Crippen molar-refractivity contribution in [2.45, 2.75) is 12.3 Å². The van der Waals surface area contributed by atoms with E-state index < -0.39 is 19.9 Å². The van der Waals surface area contributed by atoms with Gasteiger partial charge in [-0.3, -0.25) is 0 Å². The van der Waals surface area contributed by atoms with E-state index in [-0.39, 0.29) is 5.56 Å². The topological polar surface area (TPSA) is 49.4 Å². The van der Waals surface area contributed by atoms with E-state index in [0.29, 0.717) is 6.66 Å². The van der Waals surface area contributed by atoms with E-state index in [1.807, 2.05) is 0 Å². The van der Waals surface area contributed by atoms with Crippen molar-refractivity contribution >= 4 is 7.60 Å². The summed E-state index contributed by atoms with van der Waals surface area (Å²) in [5, 5.41) is 0. The van der Waals surface area contributed by atoms with Gasteiger partial charge in [-0.25, -0.2) is 0 Å². The number of alkyl halides is 3. The molecule has 1 aromatic carbocycles. The minimum Gasteiger partial charge on any atom is -0.779 e. The zero-order valence-corrected chi connectivity index (χ0v) is 9.16. The van der Waals surface area contributed by atoms with Crippen LogP contribution in [0.3, 0.4) is 0 Å². The molecule has 16 heavy (non-hydrogen) atoms. The van der Waals surface area contributed by atoms with Crippen molar-refractivity contribution in [2.24, 2.45) is 0 Å². The Hall–Kier alpha value is -0.840. The highest BCUT2D eigenvalue weighted by molar-refractivity contribution is 7.50. The SMILES string of the molecule is CP(=O)([O-])O[C@H](c1ccccc1)C(F)(F)F.